The Morgan fingerprint density at radius 1 is 1.06 bits per heavy atom. The zero-order valence-corrected chi connectivity index (χ0v) is 19.4. The number of rotatable bonds is 5. The Bertz CT molecular complexity index is 1380. The van der Waals surface area contributed by atoms with Gasteiger partial charge in [-0.3, -0.25) is 4.79 Å². The third-order valence-corrected chi connectivity index (χ3v) is 5.53. The van der Waals surface area contributed by atoms with E-state index in [2.05, 4.69) is 9.97 Å². The number of aromatic amines is 1. The predicted octanol–water partition coefficient (Wildman–Crippen LogP) is 5.94. The van der Waals surface area contributed by atoms with E-state index in [0.29, 0.717) is 6.20 Å². The molecule has 186 valence electrons. The van der Waals surface area contributed by atoms with Gasteiger partial charge in [0.1, 0.15) is 11.3 Å². The van der Waals surface area contributed by atoms with Crippen LogP contribution in [0.3, 0.4) is 0 Å². The summed E-state index contributed by atoms with van der Waals surface area (Å²) in [7, 11) is 0. The molecule has 1 aromatic carbocycles. The summed E-state index contributed by atoms with van der Waals surface area (Å²) < 4.78 is 79.5. The summed E-state index contributed by atoms with van der Waals surface area (Å²) in [5.41, 5.74) is -3.31. The maximum atomic E-state index is 14.1. The molecule has 0 unspecified atom stereocenters. The summed E-state index contributed by atoms with van der Waals surface area (Å²) >= 11 is 0. The number of esters is 1. The summed E-state index contributed by atoms with van der Waals surface area (Å²) in [6.07, 6.45) is -4.31. The van der Waals surface area contributed by atoms with Crippen molar-refractivity contribution in [3.63, 3.8) is 0 Å². The number of aryl methyl sites for hydroxylation is 1. The number of pyridine rings is 2. The number of aromatic nitrogens is 2. The van der Waals surface area contributed by atoms with Crippen LogP contribution in [0.25, 0.3) is 11.3 Å². The average Bonchev–Trinajstić information content (AvgIpc) is 2.77. The molecule has 0 amide bonds. The number of alkyl halides is 3. The van der Waals surface area contributed by atoms with Crippen LogP contribution in [0.1, 0.15) is 45.2 Å². The van der Waals surface area contributed by atoms with E-state index in [4.69, 9.17) is 9.47 Å². The van der Waals surface area contributed by atoms with Gasteiger partial charge in [0.15, 0.2) is 17.1 Å². The first kappa shape index (κ1) is 25.9. The third kappa shape index (κ3) is 4.75. The number of hydrogen-bond donors (Lipinski definition) is 1. The van der Waals surface area contributed by atoms with Gasteiger partial charge in [0.05, 0.1) is 23.4 Å². The van der Waals surface area contributed by atoms with Crippen molar-refractivity contribution in [2.75, 3.05) is 6.61 Å². The van der Waals surface area contributed by atoms with Crippen molar-refractivity contribution in [3.8, 4) is 22.9 Å². The number of halogens is 5. The first-order valence-electron chi connectivity index (χ1n) is 10.4. The second-order valence-electron chi connectivity index (χ2n) is 7.74. The number of nitrogens with one attached hydrogen (secondary N) is 1. The Balaban J connectivity index is 2.41. The molecule has 0 fully saturated rings. The van der Waals surface area contributed by atoms with E-state index in [1.54, 1.807) is 0 Å². The van der Waals surface area contributed by atoms with Crippen LogP contribution in [-0.4, -0.2) is 22.5 Å². The molecule has 6 nitrogen and oxygen atoms in total. The second kappa shape index (κ2) is 9.47. The molecular weight excluding hydrogens is 475 g/mol. The molecule has 0 saturated carbocycles. The van der Waals surface area contributed by atoms with Gasteiger partial charge >= 0.3 is 12.1 Å². The van der Waals surface area contributed by atoms with Crippen LogP contribution in [-0.2, 0) is 10.9 Å². The van der Waals surface area contributed by atoms with Crippen LogP contribution >= 0.6 is 0 Å². The van der Waals surface area contributed by atoms with Gasteiger partial charge in [-0.05, 0) is 52.3 Å². The van der Waals surface area contributed by atoms with Crippen molar-refractivity contribution in [1.82, 2.24) is 9.97 Å². The lowest BCUT2D eigenvalue weighted by atomic mass is 9.96. The van der Waals surface area contributed by atoms with E-state index in [1.165, 1.54) is 27.7 Å². The monoisotopic (exact) mass is 496 g/mol. The van der Waals surface area contributed by atoms with E-state index in [1.807, 2.05) is 0 Å². The molecule has 0 saturated heterocycles. The van der Waals surface area contributed by atoms with Crippen molar-refractivity contribution >= 4 is 5.97 Å². The fourth-order valence-electron chi connectivity index (χ4n) is 3.49. The van der Waals surface area contributed by atoms with Crippen LogP contribution in [0.15, 0.2) is 23.1 Å². The Kier molecular flexibility index (Phi) is 7.00. The van der Waals surface area contributed by atoms with Crippen LogP contribution in [0.2, 0.25) is 0 Å². The first-order valence-corrected chi connectivity index (χ1v) is 10.4. The van der Waals surface area contributed by atoms with Crippen molar-refractivity contribution < 1.29 is 36.2 Å². The van der Waals surface area contributed by atoms with Crippen molar-refractivity contribution in [1.29, 1.82) is 0 Å². The lowest BCUT2D eigenvalue weighted by Crippen LogP contribution is -2.24. The highest BCUT2D eigenvalue weighted by atomic mass is 19.4. The molecule has 0 atom stereocenters. The number of nitrogens with zero attached hydrogens (tertiary/aromatic N) is 1. The normalized spacial score (nSPS) is 11.5. The molecule has 0 aliphatic carbocycles. The molecule has 0 spiro atoms. The van der Waals surface area contributed by atoms with E-state index < -0.39 is 51.8 Å². The highest BCUT2D eigenvalue weighted by Gasteiger charge is 2.36. The van der Waals surface area contributed by atoms with Crippen LogP contribution in [0.5, 0.6) is 11.6 Å². The molecule has 11 heteroatoms. The van der Waals surface area contributed by atoms with Gasteiger partial charge in [0.25, 0.3) is 0 Å². The van der Waals surface area contributed by atoms with E-state index in [-0.39, 0.29) is 40.4 Å². The van der Waals surface area contributed by atoms with Crippen LogP contribution in [0.4, 0.5) is 22.0 Å². The largest absolute Gasteiger partial charge is 0.462 e. The quantitative estimate of drug-likeness (QED) is 0.350. The summed E-state index contributed by atoms with van der Waals surface area (Å²) in [6.45, 7) is 6.69. The van der Waals surface area contributed by atoms with E-state index in [0.717, 1.165) is 19.1 Å². The highest BCUT2D eigenvalue weighted by molar-refractivity contribution is 5.97. The maximum absolute atomic E-state index is 14.1. The van der Waals surface area contributed by atoms with Gasteiger partial charge in [-0.1, -0.05) is 0 Å². The summed E-state index contributed by atoms with van der Waals surface area (Å²) in [4.78, 5) is 32.3. The van der Waals surface area contributed by atoms with Crippen molar-refractivity contribution in [2.45, 2.75) is 40.8 Å². The standard InChI is InChI=1S/C24H21F5N2O4/c1-6-34-23(33)18-20(31-13(5)10(2)21(18)32)17-11(3)14(24(27,28)29)9-30-22(17)35-16-8-7-15(25)19(26)12(16)4/h7-9H,6H2,1-5H3,(H,31,32). The minimum atomic E-state index is -4.83. The number of carbonyl (C=O) groups is 1. The Hall–Kier alpha value is -3.76. The van der Waals surface area contributed by atoms with Crippen LogP contribution in [0, 0.1) is 39.3 Å². The number of ether oxygens (including phenoxy) is 2. The van der Waals surface area contributed by atoms with E-state index >= 15 is 0 Å². The van der Waals surface area contributed by atoms with Gasteiger partial charge < -0.3 is 14.5 Å². The van der Waals surface area contributed by atoms with Crippen LogP contribution < -0.4 is 10.2 Å². The minimum absolute atomic E-state index is 0.0954. The molecule has 2 heterocycles. The number of carbonyl (C=O) groups excluding carboxylic acids is 1. The fraction of sp³-hybridized carbons (Fsp3) is 0.292. The zero-order chi connectivity index (χ0) is 26.2. The maximum Gasteiger partial charge on any atom is 0.418 e. The van der Waals surface area contributed by atoms with Crippen molar-refractivity contribution in [2.24, 2.45) is 0 Å². The van der Waals surface area contributed by atoms with Gasteiger partial charge in [-0.15, -0.1) is 0 Å². The lowest BCUT2D eigenvalue weighted by Gasteiger charge is -2.20. The minimum Gasteiger partial charge on any atom is -0.462 e. The zero-order valence-electron chi connectivity index (χ0n) is 19.4. The molecular formula is C24H21F5N2O4. The van der Waals surface area contributed by atoms with Gasteiger partial charge in [-0.2, -0.15) is 13.2 Å². The molecule has 0 aliphatic rings. The van der Waals surface area contributed by atoms with E-state index in [9.17, 15) is 31.5 Å². The predicted molar refractivity (Wildman–Crippen MR) is 117 cm³/mol. The molecule has 2 aromatic heterocycles. The topological polar surface area (TPSA) is 81.3 Å². The van der Waals surface area contributed by atoms with Crippen molar-refractivity contribution in [3.05, 3.63) is 73.7 Å². The third-order valence-electron chi connectivity index (χ3n) is 5.53. The summed E-state index contributed by atoms with van der Waals surface area (Å²) in [5, 5.41) is 0. The highest BCUT2D eigenvalue weighted by Crippen LogP contribution is 2.42. The number of benzene rings is 1. The SMILES string of the molecule is CCOC(=O)c1c(-c2c(Oc3ccc(F)c(F)c3C)ncc(C(F)(F)F)c2C)[nH]c(C)c(C)c1=O. The fourth-order valence-corrected chi connectivity index (χ4v) is 3.49. The molecule has 3 rings (SSSR count). The second-order valence-corrected chi connectivity index (χ2v) is 7.74. The molecule has 3 aromatic rings. The Labute approximate surface area is 196 Å². The molecule has 1 N–H and O–H groups in total. The average molecular weight is 496 g/mol. The first-order chi connectivity index (χ1) is 16.3. The number of hydrogen-bond acceptors (Lipinski definition) is 5. The summed E-state index contributed by atoms with van der Waals surface area (Å²) in [5.74, 6) is -4.09. The molecule has 0 bridgehead atoms. The smallest absolute Gasteiger partial charge is 0.418 e. The molecule has 0 radical (unpaired) electrons. The van der Waals surface area contributed by atoms with Gasteiger partial charge in [-0.25, -0.2) is 18.6 Å². The summed E-state index contributed by atoms with van der Waals surface area (Å²) in [6, 6.07) is 1.87. The molecule has 0 aliphatic heterocycles. The lowest BCUT2D eigenvalue weighted by molar-refractivity contribution is -0.138. The van der Waals surface area contributed by atoms with Gasteiger partial charge in [0.2, 0.25) is 5.88 Å². The Morgan fingerprint density at radius 3 is 2.31 bits per heavy atom. The van der Waals surface area contributed by atoms with Gasteiger partial charge in [0, 0.05) is 23.0 Å². The Morgan fingerprint density at radius 2 is 1.71 bits per heavy atom. The molecule has 35 heavy (non-hydrogen) atoms. The number of H-pyrrole nitrogens is 1.